The summed E-state index contributed by atoms with van der Waals surface area (Å²) in [5.74, 6) is 0. The molecule has 10 heavy (non-hydrogen) atoms. The number of rotatable bonds is 6. The molecule has 0 aliphatic rings. The topological polar surface area (TPSA) is 35.5 Å². The predicted molar refractivity (Wildman–Crippen MR) is 37.4 cm³/mol. The summed E-state index contributed by atoms with van der Waals surface area (Å²) in [4.78, 5) is 9.75. The van der Waals surface area contributed by atoms with Crippen LogP contribution in [0.1, 0.15) is 19.8 Å². The van der Waals surface area contributed by atoms with Gasteiger partial charge in [0.1, 0.15) is 6.10 Å². The summed E-state index contributed by atoms with van der Waals surface area (Å²) in [7, 11) is 1.62. The van der Waals surface area contributed by atoms with Crippen LogP contribution in [0.15, 0.2) is 0 Å². The first-order valence-electron chi connectivity index (χ1n) is 3.36. The van der Waals surface area contributed by atoms with E-state index in [-0.39, 0.29) is 6.10 Å². The molecule has 0 aliphatic carbocycles. The van der Waals surface area contributed by atoms with Crippen molar-refractivity contribution in [1.82, 2.24) is 0 Å². The zero-order valence-corrected chi connectivity index (χ0v) is 6.42. The molecular formula is C7H13O3. The van der Waals surface area contributed by atoms with Gasteiger partial charge in [-0.2, -0.15) is 0 Å². The number of carbonyl (C=O) groups excluding carboxylic acids is 1. The highest BCUT2D eigenvalue weighted by molar-refractivity contribution is 5.38. The van der Waals surface area contributed by atoms with E-state index in [0.717, 1.165) is 12.8 Å². The van der Waals surface area contributed by atoms with E-state index in [1.54, 1.807) is 7.11 Å². The molecule has 0 spiro atoms. The third-order valence-corrected chi connectivity index (χ3v) is 1.31. The van der Waals surface area contributed by atoms with Gasteiger partial charge in [-0.3, -0.25) is 0 Å². The Labute approximate surface area is 61.3 Å². The highest BCUT2D eigenvalue weighted by Gasteiger charge is 2.04. The molecule has 0 saturated heterocycles. The molecule has 0 amide bonds. The highest BCUT2D eigenvalue weighted by atomic mass is 16.5. The Morgan fingerprint density at radius 1 is 1.60 bits per heavy atom. The lowest BCUT2D eigenvalue weighted by Crippen LogP contribution is -2.12. The summed E-state index contributed by atoms with van der Waals surface area (Å²) in [6.07, 6.45) is 1.54. The van der Waals surface area contributed by atoms with Gasteiger partial charge in [0.25, 0.3) is 0 Å². The fraction of sp³-hybridized carbons (Fsp3) is 0.857. The molecular weight excluding hydrogens is 132 g/mol. The second-order valence-electron chi connectivity index (χ2n) is 2.01. The van der Waals surface area contributed by atoms with Crippen LogP contribution in [-0.4, -0.2) is 26.3 Å². The first kappa shape index (κ1) is 9.43. The van der Waals surface area contributed by atoms with Crippen molar-refractivity contribution in [3.63, 3.8) is 0 Å². The van der Waals surface area contributed by atoms with Crippen LogP contribution < -0.4 is 0 Å². The molecule has 3 nitrogen and oxygen atoms in total. The van der Waals surface area contributed by atoms with Crippen molar-refractivity contribution in [2.75, 3.05) is 13.7 Å². The molecule has 0 aliphatic heterocycles. The number of hydrogen-bond donors (Lipinski definition) is 0. The van der Waals surface area contributed by atoms with Gasteiger partial charge < -0.3 is 9.47 Å². The van der Waals surface area contributed by atoms with Crippen LogP contribution in [0.4, 0.5) is 0 Å². The second kappa shape index (κ2) is 6.55. The predicted octanol–water partition coefficient (Wildman–Crippen LogP) is 0.885. The van der Waals surface area contributed by atoms with Gasteiger partial charge in [0.15, 0.2) is 0 Å². The third-order valence-electron chi connectivity index (χ3n) is 1.31. The summed E-state index contributed by atoms with van der Waals surface area (Å²) >= 11 is 0. The van der Waals surface area contributed by atoms with E-state index in [2.05, 4.69) is 4.74 Å². The fourth-order valence-corrected chi connectivity index (χ4v) is 0.664. The van der Waals surface area contributed by atoms with Crippen LogP contribution in [0.2, 0.25) is 0 Å². The summed E-state index contributed by atoms with van der Waals surface area (Å²) in [6, 6.07) is 0. The summed E-state index contributed by atoms with van der Waals surface area (Å²) in [5.41, 5.74) is 0. The summed E-state index contributed by atoms with van der Waals surface area (Å²) in [5, 5.41) is 0. The van der Waals surface area contributed by atoms with Crippen LogP contribution in [0.25, 0.3) is 0 Å². The van der Waals surface area contributed by atoms with Crippen LogP contribution in [-0.2, 0) is 14.3 Å². The van der Waals surface area contributed by atoms with Crippen molar-refractivity contribution < 1.29 is 14.3 Å². The van der Waals surface area contributed by atoms with Gasteiger partial charge in [0.05, 0.1) is 0 Å². The molecule has 0 heterocycles. The lowest BCUT2D eigenvalue weighted by molar-refractivity contribution is 0.112. The minimum Gasteiger partial charge on any atom is -0.454 e. The lowest BCUT2D eigenvalue weighted by atomic mass is 10.2. The van der Waals surface area contributed by atoms with E-state index in [1.165, 1.54) is 6.47 Å². The number of ether oxygens (including phenoxy) is 2. The Morgan fingerprint density at radius 3 is 2.70 bits per heavy atom. The maximum Gasteiger partial charge on any atom is 0.417 e. The first-order chi connectivity index (χ1) is 4.85. The van der Waals surface area contributed by atoms with Crippen molar-refractivity contribution in [3.05, 3.63) is 0 Å². The van der Waals surface area contributed by atoms with E-state index in [1.807, 2.05) is 6.92 Å². The average Bonchev–Trinajstić information content (AvgIpc) is 1.98. The van der Waals surface area contributed by atoms with Gasteiger partial charge in [0, 0.05) is 20.1 Å². The van der Waals surface area contributed by atoms with E-state index in [9.17, 15) is 4.79 Å². The lowest BCUT2D eigenvalue weighted by Gasteiger charge is -2.10. The third kappa shape index (κ3) is 4.32. The number of hydrogen-bond acceptors (Lipinski definition) is 3. The molecule has 0 saturated carbocycles. The van der Waals surface area contributed by atoms with Crippen LogP contribution in [0, 0.1) is 0 Å². The SMILES string of the molecule is CCC(CCOC)O[C]=O. The maximum absolute atomic E-state index is 9.75. The van der Waals surface area contributed by atoms with Gasteiger partial charge in [-0.05, 0) is 6.42 Å². The Kier molecular flexibility index (Phi) is 6.18. The molecule has 0 aromatic carbocycles. The molecule has 1 radical (unpaired) electrons. The zero-order chi connectivity index (χ0) is 7.82. The first-order valence-corrected chi connectivity index (χ1v) is 3.36. The van der Waals surface area contributed by atoms with Crippen LogP contribution in [0.3, 0.4) is 0 Å². The molecule has 0 aromatic heterocycles. The second-order valence-corrected chi connectivity index (χ2v) is 2.01. The molecule has 1 atom stereocenters. The van der Waals surface area contributed by atoms with Gasteiger partial charge in [0.2, 0.25) is 0 Å². The van der Waals surface area contributed by atoms with E-state index >= 15 is 0 Å². The maximum atomic E-state index is 9.75. The van der Waals surface area contributed by atoms with Crippen molar-refractivity contribution in [2.45, 2.75) is 25.9 Å². The summed E-state index contributed by atoms with van der Waals surface area (Å²) < 4.78 is 9.42. The Morgan fingerprint density at radius 2 is 2.30 bits per heavy atom. The molecule has 0 aromatic rings. The molecule has 0 bridgehead atoms. The summed E-state index contributed by atoms with van der Waals surface area (Å²) in [6.45, 7) is 4.00. The van der Waals surface area contributed by atoms with Gasteiger partial charge in [-0.1, -0.05) is 6.92 Å². The van der Waals surface area contributed by atoms with Crippen LogP contribution in [0.5, 0.6) is 0 Å². The van der Waals surface area contributed by atoms with Gasteiger partial charge in [-0.25, -0.2) is 4.79 Å². The normalized spacial score (nSPS) is 12.6. The van der Waals surface area contributed by atoms with Gasteiger partial charge >= 0.3 is 6.47 Å². The molecule has 3 heteroatoms. The quantitative estimate of drug-likeness (QED) is 0.556. The monoisotopic (exact) mass is 145 g/mol. The standard InChI is InChI=1S/C7H13O3/c1-3-7(10-6-8)4-5-9-2/h7H,3-5H2,1-2H3. The van der Waals surface area contributed by atoms with Crippen molar-refractivity contribution in [2.24, 2.45) is 0 Å². The Balaban J connectivity index is 3.29. The van der Waals surface area contributed by atoms with E-state index in [4.69, 9.17) is 4.74 Å². The molecule has 0 N–H and O–H groups in total. The van der Waals surface area contributed by atoms with Crippen molar-refractivity contribution >= 4 is 6.47 Å². The minimum absolute atomic E-state index is 0.0301. The zero-order valence-electron chi connectivity index (χ0n) is 6.42. The Hall–Kier alpha value is -0.570. The van der Waals surface area contributed by atoms with E-state index in [0.29, 0.717) is 6.61 Å². The molecule has 0 fully saturated rings. The van der Waals surface area contributed by atoms with Crippen molar-refractivity contribution in [1.29, 1.82) is 0 Å². The van der Waals surface area contributed by atoms with Crippen LogP contribution >= 0.6 is 0 Å². The average molecular weight is 145 g/mol. The Bertz CT molecular complexity index is 82.9. The molecule has 1 unspecified atom stereocenters. The van der Waals surface area contributed by atoms with Crippen molar-refractivity contribution in [3.8, 4) is 0 Å². The highest BCUT2D eigenvalue weighted by Crippen LogP contribution is 2.01. The largest absolute Gasteiger partial charge is 0.454 e. The molecule has 59 valence electrons. The van der Waals surface area contributed by atoms with Gasteiger partial charge in [-0.15, -0.1) is 0 Å². The van der Waals surface area contributed by atoms with E-state index < -0.39 is 0 Å². The molecule has 0 rings (SSSR count). The smallest absolute Gasteiger partial charge is 0.417 e. The number of methoxy groups -OCH3 is 1. The fourth-order valence-electron chi connectivity index (χ4n) is 0.664. The minimum atomic E-state index is -0.0301.